The molecule has 0 saturated carbocycles. The highest BCUT2D eigenvalue weighted by molar-refractivity contribution is 7.91. The molecule has 1 saturated heterocycles. The summed E-state index contributed by atoms with van der Waals surface area (Å²) < 4.78 is 24.7. The van der Waals surface area contributed by atoms with E-state index in [0.717, 1.165) is 31.9 Å². The summed E-state index contributed by atoms with van der Waals surface area (Å²) in [4.78, 5) is 6.91. The third-order valence-electron chi connectivity index (χ3n) is 4.39. The topological polar surface area (TPSA) is 62.3 Å². The van der Waals surface area contributed by atoms with E-state index >= 15 is 0 Å². The van der Waals surface area contributed by atoms with E-state index in [1.807, 2.05) is 24.3 Å². The second kappa shape index (κ2) is 7.77. The van der Waals surface area contributed by atoms with Crippen molar-refractivity contribution in [3.05, 3.63) is 54.7 Å². The lowest BCUT2D eigenvalue weighted by atomic mass is 10.1. The molecule has 5 nitrogen and oxygen atoms in total. The highest BCUT2D eigenvalue weighted by Crippen LogP contribution is 2.18. The summed E-state index contributed by atoms with van der Waals surface area (Å²) in [6.45, 7) is 3.36. The van der Waals surface area contributed by atoms with Crippen LogP contribution in [0.15, 0.2) is 59.6 Å². The van der Waals surface area contributed by atoms with E-state index in [2.05, 4.69) is 15.2 Å². The van der Waals surface area contributed by atoms with Crippen molar-refractivity contribution in [1.82, 2.24) is 9.88 Å². The molecular weight excluding hydrogens is 322 g/mol. The quantitative estimate of drug-likeness (QED) is 0.834. The highest BCUT2D eigenvalue weighted by atomic mass is 32.2. The first kappa shape index (κ1) is 16.9. The molecular formula is C18H23N3O2S. The summed E-state index contributed by atoms with van der Waals surface area (Å²) in [5, 5.41) is 3.35. The van der Waals surface area contributed by atoms with Crippen molar-refractivity contribution in [2.75, 3.05) is 37.2 Å². The van der Waals surface area contributed by atoms with Crippen molar-refractivity contribution >= 4 is 15.7 Å². The zero-order valence-corrected chi connectivity index (χ0v) is 14.5. The van der Waals surface area contributed by atoms with Crippen molar-refractivity contribution in [3.63, 3.8) is 0 Å². The number of nitrogens with zero attached hydrogens (tertiary/aromatic N) is 2. The van der Waals surface area contributed by atoms with Crippen LogP contribution in [0.25, 0.3) is 0 Å². The highest BCUT2D eigenvalue weighted by Gasteiger charge is 2.24. The Morgan fingerprint density at radius 3 is 2.67 bits per heavy atom. The number of benzene rings is 1. The lowest BCUT2D eigenvalue weighted by Gasteiger charge is -2.16. The fourth-order valence-electron chi connectivity index (χ4n) is 2.99. The standard InChI is InChI=1S/C18H23N3O2S/c22-24(23,17-6-2-1-3-7-17)13-12-21-11-9-16(15-21)14-20-18-8-4-5-10-19-18/h1-8,10,16H,9,11-15H2,(H,19,20). The molecule has 2 aromatic rings. The zero-order valence-electron chi connectivity index (χ0n) is 13.6. The van der Waals surface area contributed by atoms with Gasteiger partial charge in [-0.3, -0.25) is 0 Å². The van der Waals surface area contributed by atoms with Gasteiger partial charge >= 0.3 is 0 Å². The first-order chi connectivity index (χ1) is 11.6. The Kier molecular flexibility index (Phi) is 5.48. The summed E-state index contributed by atoms with van der Waals surface area (Å²) in [6, 6.07) is 14.5. The van der Waals surface area contributed by atoms with Crippen molar-refractivity contribution in [2.45, 2.75) is 11.3 Å². The maximum absolute atomic E-state index is 12.3. The fraction of sp³-hybridized carbons (Fsp3) is 0.389. The number of hydrogen-bond donors (Lipinski definition) is 1. The molecule has 1 aliphatic rings. The number of aromatic nitrogens is 1. The molecule has 1 atom stereocenters. The summed E-state index contributed by atoms with van der Waals surface area (Å²) >= 11 is 0. The summed E-state index contributed by atoms with van der Waals surface area (Å²) in [6.07, 6.45) is 2.86. The van der Waals surface area contributed by atoms with Crippen molar-refractivity contribution < 1.29 is 8.42 Å². The number of nitrogens with one attached hydrogen (secondary N) is 1. The van der Waals surface area contributed by atoms with E-state index in [4.69, 9.17) is 0 Å². The second-order valence-corrected chi connectivity index (χ2v) is 8.29. The average molecular weight is 345 g/mol. The number of anilines is 1. The maximum Gasteiger partial charge on any atom is 0.179 e. The largest absolute Gasteiger partial charge is 0.370 e. The Morgan fingerprint density at radius 1 is 1.12 bits per heavy atom. The first-order valence-corrected chi connectivity index (χ1v) is 9.94. The number of pyridine rings is 1. The van der Waals surface area contributed by atoms with Gasteiger partial charge in [0.15, 0.2) is 9.84 Å². The number of likely N-dealkylation sites (tertiary alicyclic amines) is 1. The zero-order chi connectivity index (χ0) is 16.8. The van der Waals surface area contributed by atoms with E-state index < -0.39 is 9.84 Å². The van der Waals surface area contributed by atoms with Gasteiger partial charge in [0, 0.05) is 25.8 Å². The SMILES string of the molecule is O=S(=O)(CCN1CCC(CNc2ccccn2)C1)c1ccccc1. The average Bonchev–Trinajstić information content (AvgIpc) is 3.08. The molecule has 0 bridgehead atoms. The molecule has 1 N–H and O–H groups in total. The van der Waals surface area contributed by atoms with Crippen LogP contribution < -0.4 is 5.32 Å². The minimum atomic E-state index is -3.19. The van der Waals surface area contributed by atoms with Gasteiger partial charge in [-0.15, -0.1) is 0 Å². The molecule has 1 aromatic carbocycles. The van der Waals surface area contributed by atoms with E-state index in [1.165, 1.54) is 0 Å². The van der Waals surface area contributed by atoms with E-state index in [0.29, 0.717) is 17.4 Å². The minimum Gasteiger partial charge on any atom is -0.370 e. The summed E-state index contributed by atoms with van der Waals surface area (Å²) in [7, 11) is -3.19. The molecule has 2 heterocycles. The van der Waals surface area contributed by atoms with Crippen LogP contribution in [0.2, 0.25) is 0 Å². The predicted octanol–water partition coefficient (Wildman–Crippen LogP) is 2.29. The number of rotatable bonds is 7. The molecule has 24 heavy (non-hydrogen) atoms. The van der Waals surface area contributed by atoms with Crippen LogP contribution in [0.1, 0.15) is 6.42 Å². The van der Waals surface area contributed by atoms with Crippen LogP contribution in [0, 0.1) is 5.92 Å². The van der Waals surface area contributed by atoms with Gasteiger partial charge in [-0.25, -0.2) is 13.4 Å². The van der Waals surface area contributed by atoms with Gasteiger partial charge in [0.25, 0.3) is 0 Å². The van der Waals surface area contributed by atoms with E-state index in [9.17, 15) is 8.42 Å². The van der Waals surface area contributed by atoms with Gasteiger partial charge in [0.05, 0.1) is 10.6 Å². The lowest BCUT2D eigenvalue weighted by molar-refractivity contribution is 0.345. The molecule has 3 rings (SSSR count). The molecule has 1 aromatic heterocycles. The second-order valence-electron chi connectivity index (χ2n) is 6.18. The Morgan fingerprint density at radius 2 is 1.92 bits per heavy atom. The van der Waals surface area contributed by atoms with Gasteiger partial charge in [-0.2, -0.15) is 0 Å². The van der Waals surface area contributed by atoms with Crippen molar-refractivity contribution in [3.8, 4) is 0 Å². The molecule has 0 amide bonds. The molecule has 6 heteroatoms. The van der Waals surface area contributed by atoms with Crippen LogP contribution in [0.5, 0.6) is 0 Å². The molecule has 1 fully saturated rings. The first-order valence-electron chi connectivity index (χ1n) is 8.28. The number of hydrogen-bond acceptors (Lipinski definition) is 5. The van der Waals surface area contributed by atoms with Crippen LogP contribution in [0.3, 0.4) is 0 Å². The Balaban J connectivity index is 1.45. The Hall–Kier alpha value is -1.92. The van der Waals surface area contributed by atoms with Crippen LogP contribution >= 0.6 is 0 Å². The Bertz CT molecular complexity index is 735. The maximum atomic E-state index is 12.3. The smallest absolute Gasteiger partial charge is 0.179 e. The van der Waals surface area contributed by atoms with Gasteiger partial charge in [0.1, 0.15) is 5.82 Å². The van der Waals surface area contributed by atoms with Crippen molar-refractivity contribution in [1.29, 1.82) is 0 Å². The monoisotopic (exact) mass is 345 g/mol. The predicted molar refractivity (Wildman–Crippen MR) is 95.8 cm³/mol. The van der Waals surface area contributed by atoms with Crippen LogP contribution in [-0.4, -0.2) is 50.2 Å². The van der Waals surface area contributed by atoms with Crippen LogP contribution in [-0.2, 0) is 9.84 Å². The summed E-state index contributed by atoms with van der Waals surface area (Å²) in [5.74, 6) is 1.60. The van der Waals surface area contributed by atoms with Gasteiger partial charge in [-0.1, -0.05) is 24.3 Å². The van der Waals surface area contributed by atoms with Crippen molar-refractivity contribution in [2.24, 2.45) is 5.92 Å². The molecule has 0 aliphatic carbocycles. The van der Waals surface area contributed by atoms with E-state index in [1.54, 1.807) is 30.5 Å². The number of sulfone groups is 1. The third kappa shape index (κ3) is 4.55. The fourth-order valence-corrected chi connectivity index (χ4v) is 4.30. The minimum absolute atomic E-state index is 0.178. The molecule has 1 aliphatic heterocycles. The molecule has 128 valence electrons. The van der Waals surface area contributed by atoms with Gasteiger partial charge in [-0.05, 0) is 43.1 Å². The normalized spacial score (nSPS) is 18.6. The third-order valence-corrected chi connectivity index (χ3v) is 6.10. The molecule has 1 unspecified atom stereocenters. The van der Waals surface area contributed by atoms with E-state index in [-0.39, 0.29) is 5.75 Å². The lowest BCUT2D eigenvalue weighted by Crippen LogP contribution is -2.28. The van der Waals surface area contributed by atoms with Gasteiger partial charge < -0.3 is 10.2 Å². The van der Waals surface area contributed by atoms with Crippen LogP contribution in [0.4, 0.5) is 5.82 Å². The molecule has 0 radical (unpaired) electrons. The van der Waals surface area contributed by atoms with Gasteiger partial charge in [0.2, 0.25) is 0 Å². The summed E-state index contributed by atoms with van der Waals surface area (Å²) in [5.41, 5.74) is 0. The molecule has 0 spiro atoms. The Labute approximate surface area is 143 Å².